The number of carbonyl (C=O) groups excluding carboxylic acids is 2. The van der Waals surface area contributed by atoms with Gasteiger partial charge in [-0.15, -0.1) is 0 Å². The number of ether oxygens (including phenoxy) is 1. The first kappa shape index (κ1) is 19.7. The van der Waals surface area contributed by atoms with E-state index in [1.165, 1.54) is 6.07 Å². The molecule has 0 saturated heterocycles. The average Bonchev–Trinajstić information content (AvgIpc) is 2.54. The third kappa shape index (κ3) is 6.33. The predicted molar refractivity (Wildman–Crippen MR) is 99.6 cm³/mol. The summed E-state index contributed by atoms with van der Waals surface area (Å²) >= 11 is 0. The minimum Gasteiger partial charge on any atom is -0.459 e. The molecule has 0 atom stereocenters. The van der Waals surface area contributed by atoms with Crippen molar-refractivity contribution < 1.29 is 22.7 Å². The Kier molecular flexibility index (Phi) is 6.52. The van der Waals surface area contributed by atoms with Crippen LogP contribution < -0.4 is 5.32 Å². The van der Waals surface area contributed by atoms with E-state index in [1.54, 1.807) is 62.4 Å². The lowest BCUT2D eigenvalue weighted by Crippen LogP contribution is -2.24. The van der Waals surface area contributed by atoms with Crippen molar-refractivity contribution >= 4 is 27.4 Å². The molecular formula is C19H21NO5S. The summed E-state index contributed by atoms with van der Waals surface area (Å²) in [6, 6.07) is 14.8. The molecule has 2 rings (SSSR count). The Labute approximate surface area is 153 Å². The second-order valence-electron chi connectivity index (χ2n) is 6.10. The van der Waals surface area contributed by atoms with E-state index in [2.05, 4.69) is 5.32 Å². The maximum atomic E-state index is 12.3. The first-order chi connectivity index (χ1) is 12.2. The third-order valence-corrected chi connectivity index (χ3v) is 4.78. The van der Waals surface area contributed by atoms with E-state index in [4.69, 9.17) is 4.74 Å². The Morgan fingerprint density at radius 1 is 1.04 bits per heavy atom. The Bertz CT molecular complexity index is 876. The first-order valence-electron chi connectivity index (χ1n) is 8.10. The van der Waals surface area contributed by atoms with Crippen molar-refractivity contribution in [1.82, 2.24) is 0 Å². The van der Waals surface area contributed by atoms with Crippen molar-refractivity contribution in [1.29, 1.82) is 0 Å². The number of benzene rings is 2. The summed E-state index contributed by atoms with van der Waals surface area (Å²) < 4.78 is 29.7. The van der Waals surface area contributed by atoms with E-state index in [-0.39, 0.29) is 17.4 Å². The van der Waals surface area contributed by atoms with Gasteiger partial charge in [-0.3, -0.25) is 4.79 Å². The van der Waals surface area contributed by atoms with Crippen molar-refractivity contribution in [2.24, 2.45) is 0 Å². The first-order valence-corrected chi connectivity index (χ1v) is 9.92. The highest BCUT2D eigenvalue weighted by Gasteiger charge is 2.19. The van der Waals surface area contributed by atoms with E-state index < -0.39 is 27.5 Å². The van der Waals surface area contributed by atoms with Gasteiger partial charge >= 0.3 is 5.97 Å². The Morgan fingerprint density at radius 2 is 1.73 bits per heavy atom. The summed E-state index contributed by atoms with van der Waals surface area (Å²) in [7, 11) is -3.68. The Hall–Kier alpha value is -2.67. The standard InChI is InChI=1S/C19H21NO5S/c1-14(2)25-19(22)16-8-6-7-15(11-16)12-26(23,24)13-18(21)20-17-9-4-3-5-10-17/h3-11,14H,12-13H2,1-2H3,(H,20,21). The van der Waals surface area contributed by atoms with Crippen LogP contribution in [0.1, 0.15) is 29.8 Å². The van der Waals surface area contributed by atoms with E-state index >= 15 is 0 Å². The number of carbonyl (C=O) groups is 2. The molecule has 0 saturated carbocycles. The van der Waals surface area contributed by atoms with Gasteiger partial charge in [0.25, 0.3) is 0 Å². The number of rotatable bonds is 7. The summed E-state index contributed by atoms with van der Waals surface area (Å²) in [4.78, 5) is 23.9. The molecule has 0 aliphatic heterocycles. The molecule has 0 fully saturated rings. The minimum atomic E-state index is -3.68. The fourth-order valence-corrected chi connectivity index (χ4v) is 3.55. The highest BCUT2D eigenvalue weighted by atomic mass is 32.2. The lowest BCUT2D eigenvalue weighted by atomic mass is 10.1. The summed E-state index contributed by atoms with van der Waals surface area (Å²) in [5.74, 6) is -2.09. The van der Waals surface area contributed by atoms with Crippen LogP contribution in [0.3, 0.4) is 0 Å². The second-order valence-corrected chi connectivity index (χ2v) is 8.17. The fraction of sp³-hybridized carbons (Fsp3) is 0.263. The van der Waals surface area contributed by atoms with E-state index in [9.17, 15) is 18.0 Å². The number of anilines is 1. The molecule has 0 spiro atoms. The molecule has 2 aromatic rings. The van der Waals surface area contributed by atoms with Gasteiger partial charge in [0.05, 0.1) is 17.4 Å². The molecule has 0 bridgehead atoms. The maximum Gasteiger partial charge on any atom is 0.338 e. The lowest BCUT2D eigenvalue weighted by Gasteiger charge is -2.09. The van der Waals surface area contributed by atoms with Gasteiger partial charge in [-0.1, -0.05) is 30.3 Å². The molecule has 0 radical (unpaired) electrons. The molecule has 1 N–H and O–H groups in total. The quantitative estimate of drug-likeness (QED) is 0.752. The largest absolute Gasteiger partial charge is 0.459 e. The number of nitrogens with one attached hydrogen (secondary N) is 1. The topological polar surface area (TPSA) is 89.5 Å². The van der Waals surface area contributed by atoms with Crippen LogP contribution >= 0.6 is 0 Å². The molecular weight excluding hydrogens is 354 g/mol. The van der Waals surface area contributed by atoms with Crippen molar-refractivity contribution in [2.75, 3.05) is 11.1 Å². The smallest absolute Gasteiger partial charge is 0.338 e. The molecule has 7 heteroatoms. The summed E-state index contributed by atoms with van der Waals surface area (Å²) in [5, 5.41) is 2.54. The number of hydrogen-bond acceptors (Lipinski definition) is 5. The SMILES string of the molecule is CC(C)OC(=O)c1cccc(CS(=O)(=O)CC(=O)Nc2ccccc2)c1. The summed E-state index contributed by atoms with van der Waals surface area (Å²) in [6.07, 6.45) is -0.267. The van der Waals surface area contributed by atoms with E-state index in [0.717, 1.165) is 0 Å². The minimum absolute atomic E-state index is 0.267. The Balaban J connectivity index is 2.02. The highest BCUT2D eigenvalue weighted by Crippen LogP contribution is 2.13. The second kappa shape index (κ2) is 8.62. The zero-order valence-electron chi connectivity index (χ0n) is 14.6. The number of sulfone groups is 1. The van der Waals surface area contributed by atoms with Gasteiger partial charge < -0.3 is 10.1 Å². The maximum absolute atomic E-state index is 12.3. The van der Waals surface area contributed by atoms with Gasteiger partial charge in [-0.2, -0.15) is 0 Å². The average molecular weight is 375 g/mol. The van der Waals surface area contributed by atoms with Gasteiger partial charge in [0.2, 0.25) is 5.91 Å². The van der Waals surface area contributed by atoms with Crippen molar-refractivity contribution in [2.45, 2.75) is 25.7 Å². The Morgan fingerprint density at radius 3 is 2.38 bits per heavy atom. The van der Waals surface area contributed by atoms with Crippen molar-refractivity contribution in [3.63, 3.8) is 0 Å². The number of hydrogen-bond donors (Lipinski definition) is 1. The molecule has 138 valence electrons. The molecule has 0 unspecified atom stereocenters. The van der Waals surface area contributed by atoms with Crippen LogP contribution in [-0.4, -0.2) is 32.2 Å². The molecule has 6 nitrogen and oxygen atoms in total. The molecule has 0 aromatic heterocycles. The van der Waals surface area contributed by atoms with Crippen molar-refractivity contribution in [3.05, 3.63) is 65.7 Å². The van der Waals surface area contributed by atoms with Crippen LogP contribution in [0.25, 0.3) is 0 Å². The van der Waals surface area contributed by atoms with Gasteiger partial charge in [0, 0.05) is 5.69 Å². The predicted octanol–water partition coefficient (Wildman–Crippen LogP) is 2.81. The van der Waals surface area contributed by atoms with Crippen LogP contribution in [0.15, 0.2) is 54.6 Å². The van der Waals surface area contributed by atoms with Crippen LogP contribution in [-0.2, 0) is 25.1 Å². The van der Waals surface area contributed by atoms with E-state index in [1.807, 2.05) is 0 Å². The zero-order valence-corrected chi connectivity index (χ0v) is 15.5. The van der Waals surface area contributed by atoms with Crippen LogP contribution in [0.5, 0.6) is 0 Å². The highest BCUT2D eigenvalue weighted by molar-refractivity contribution is 7.91. The molecule has 26 heavy (non-hydrogen) atoms. The third-order valence-electron chi connectivity index (χ3n) is 3.30. The summed E-state index contributed by atoms with van der Waals surface area (Å²) in [6.45, 7) is 3.47. The number of amides is 1. The van der Waals surface area contributed by atoms with Gasteiger partial charge in [0.15, 0.2) is 9.84 Å². The summed E-state index contributed by atoms with van der Waals surface area (Å²) in [5.41, 5.74) is 1.24. The normalized spacial score (nSPS) is 11.2. The van der Waals surface area contributed by atoms with Gasteiger partial charge in [-0.25, -0.2) is 13.2 Å². The van der Waals surface area contributed by atoms with Gasteiger partial charge in [-0.05, 0) is 43.7 Å². The number of esters is 1. The number of para-hydroxylation sites is 1. The molecule has 2 aromatic carbocycles. The van der Waals surface area contributed by atoms with Crippen LogP contribution in [0.4, 0.5) is 5.69 Å². The van der Waals surface area contributed by atoms with Crippen LogP contribution in [0.2, 0.25) is 0 Å². The monoisotopic (exact) mass is 375 g/mol. The molecule has 0 aliphatic carbocycles. The van der Waals surface area contributed by atoms with E-state index in [0.29, 0.717) is 11.3 Å². The molecule has 0 heterocycles. The zero-order chi connectivity index (χ0) is 19.2. The molecule has 1 amide bonds. The fourth-order valence-electron chi connectivity index (χ4n) is 2.29. The lowest BCUT2D eigenvalue weighted by molar-refractivity contribution is -0.113. The van der Waals surface area contributed by atoms with Crippen molar-refractivity contribution in [3.8, 4) is 0 Å². The molecule has 0 aliphatic rings. The van der Waals surface area contributed by atoms with Gasteiger partial charge in [0.1, 0.15) is 5.75 Å². The van der Waals surface area contributed by atoms with Crippen LogP contribution in [0, 0.1) is 0 Å².